The van der Waals surface area contributed by atoms with E-state index in [1.807, 2.05) is 66.7 Å². The highest BCUT2D eigenvalue weighted by atomic mass is 16.3. The van der Waals surface area contributed by atoms with Crippen molar-refractivity contribution in [3.63, 3.8) is 0 Å². The Kier molecular flexibility index (Phi) is 6.41. The molecule has 1 atom stereocenters. The van der Waals surface area contributed by atoms with Crippen molar-refractivity contribution in [3.05, 3.63) is 151 Å². The van der Waals surface area contributed by atoms with E-state index >= 15 is 0 Å². The van der Waals surface area contributed by atoms with E-state index in [1.165, 1.54) is 27.8 Å². The Morgan fingerprint density at radius 1 is 0.479 bits per heavy atom. The molecule has 230 valence electrons. The van der Waals surface area contributed by atoms with E-state index in [1.54, 1.807) is 0 Å². The highest BCUT2D eigenvalue weighted by Crippen LogP contribution is 2.56. The normalized spacial score (nSPS) is 15.2. The van der Waals surface area contributed by atoms with Crippen molar-refractivity contribution in [2.24, 2.45) is 5.92 Å². The van der Waals surface area contributed by atoms with Gasteiger partial charge in [-0.3, -0.25) is 0 Å². The number of benzene rings is 6. The fourth-order valence-electron chi connectivity index (χ4n) is 7.45. The lowest BCUT2D eigenvalue weighted by Crippen LogP contribution is -2.27. The second kappa shape index (κ2) is 10.9. The summed E-state index contributed by atoms with van der Waals surface area (Å²) in [6.07, 6.45) is 0. The monoisotopic (exact) mass is 619 g/mol. The van der Waals surface area contributed by atoms with Crippen molar-refractivity contribution in [2.75, 3.05) is 0 Å². The standard InChI is InChI=1S/C44H33N3O/c1-27(2)44(3)36-22-13-21-32(40(36)35-25-34-33-20-10-11-23-38(33)48-39(34)26-37(35)44)30-18-12-19-31(24-30)43-46-41(28-14-6-4-7-15-28)45-42(47-43)29-16-8-5-9-17-29/h4-27H,1-3H3. The van der Waals surface area contributed by atoms with Crippen LogP contribution in [-0.2, 0) is 5.41 Å². The molecule has 0 N–H and O–H groups in total. The van der Waals surface area contributed by atoms with Crippen molar-refractivity contribution in [1.29, 1.82) is 0 Å². The Morgan fingerprint density at radius 3 is 1.75 bits per heavy atom. The van der Waals surface area contributed by atoms with Crippen LogP contribution in [0.15, 0.2) is 144 Å². The molecule has 48 heavy (non-hydrogen) atoms. The molecule has 0 bridgehead atoms. The number of furan rings is 1. The summed E-state index contributed by atoms with van der Waals surface area (Å²) >= 11 is 0. The Morgan fingerprint density at radius 2 is 1.06 bits per heavy atom. The maximum absolute atomic E-state index is 6.39. The first-order valence-corrected chi connectivity index (χ1v) is 16.6. The van der Waals surface area contributed by atoms with Gasteiger partial charge in [0.1, 0.15) is 11.2 Å². The number of para-hydroxylation sites is 1. The summed E-state index contributed by atoms with van der Waals surface area (Å²) in [5.41, 5.74) is 12.1. The van der Waals surface area contributed by atoms with Crippen LogP contribution in [0, 0.1) is 5.92 Å². The highest BCUT2D eigenvalue weighted by Gasteiger charge is 2.43. The van der Waals surface area contributed by atoms with Crippen LogP contribution >= 0.6 is 0 Å². The lowest BCUT2D eigenvalue weighted by Gasteiger charge is -2.32. The number of rotatable bonds is 5. The summed E-state index contributed by atoms with van der Waals surface area (Å²) < 4.78 is 6.39. The zero-order chi connectivity index (χ0) is 32.4. The number of aromatic nitrogens is 3. The van der Waals surface area contributed by atoms with Crippen LogP contribution in [0.2, 0.25) is 0 Å². The van der Waals surface area contributed by atoms with Gasteiger partial charge in [0.15, 0.2) is 17.5 Å². The topological polar surface area (TPSA) is 51.8 Å². The molecule has 4 heteroatoms. The van der Waals surface area contributed by atoms with E-state index < -0.39 is 0 Å². The molecule has 8 aromatic rings. The third-order valence-electron chi connectivity index (χ3n) is 10.3. The average molecular weight is 620 g/mol. The van der Waals surface area contributed by atoms with Crippen LogP contribution in [0.25, 0.3) is 78.4 Å². The van der Waals surface area contributed by atoms with Gasteiger partial charge in [0.2, 0.25) is 0 Å². The predicted molar refractivity (Wildman–Crippen MR) is 196 cm³/mol. The van der Waals surface area contributed by atoms with E-state index in [-0.39, 0.29) is 5.41 Å². The van der Waals surface area contributed by atoms with Gasteiger partial charge in [0, 0.05) is 32.9 Å². The fourth-order valence-corrected chi connectivity index (χ4v) is 7.45. The maximum atomic E-state index is 6.39. The van der Waals surface area contributed by atoms with Gasteiger partial charge in [-0.2, -0.15) is 0 Å². The SMILES string of the molecule is CC(C)C1(C)c2cc3oc4ccccc4c3cc2-c2c(-c3cccc(-c4nc(-c5ccccc5)nc(-c5ccccc5)n4)c3)cccc21. The van der Waals surface area contributed by atoms with E-state index in [0.717, 1.165) is 44.2 Å². The van der Waals surface area contributed by atoms with Crippen LogP contribution in [0.5, 0.6) is 0 Å². The van der Waals surface area contributed by atoms with Gasteiger partial charge in [0.25, 0.3) is 0 Å². The molecule has 1 aliphatic rings. The van der Waals surface area contributed by atoms with E-state index in [2.05, 4.69) is 93.6 Å². The third kappa shape index (κ3) is 4.33. The lowest BCUT2D eigenvalue weighted by molar-refractivity contribution is 0.414. The average Bonchev–Trinajstić information content (AvgIpc) is 3.64. The van der Waals surface area contributed by atoms with Gasteiger partial charge < -0.3 is 4.42 Å². The summed E-state index contributed by atoms with van der Waals surface area (Å²) in [4.78, 5) is 14.9. The summed E-state index contributed by atoms with van der Waals surface area (Å²) in [6, 6.07) is 48.6. The van der Waals surface area contributed by atoms with Gasteiger partial charge in [-0.25, -0.2) is 15.0 Å². The molecule has 4 nitrogen and oxygen atoms in total. The Bertz CT molecular complexity index is 2440. The minimum Gasteiger partial charge on any atom is -0.456 e. The molecule has 1 aliphatic carbocycles. The molecule has 0 spiro atoms. The van der Waals surface area contributed by atoms with E-state index in [9.17, 15) is 0 Å². The molecule has 0 radical (unpaired) electrons. The molecule has 0 fully saturated rings. The Balaban J connectivity index is 1.24. The first kappa shape index (κ1) is 28.4. The Hall–Kier alpha value is -5.87. The minimum atomic E-state index is -0.172. The minimum absolute atomic E-state index is 0.172. The second-order valence-corrected chi connectivity index (χ2v) is 13.2. The molecule has 0 aliphatic heterocycles. The van der Waals surface area contributed by atoms with Crippen molar-refractivity contribution in [3.8, 4) is 56.4 Å². The molecule has 0 saturated carbocycles. The summed E-state index contributed by atoms with van der Waals surface area (Å²) in [5.74, 6) is 2.34. The summed E-state index contributed by atoms with van der Waals surface area (Å²) in [6.45, 7) is 7.03. The first-order chi connectivity index (χ1) is 23.5. The first-order valence-electron chi connectivity index (χ1n) is 16.6. The van der Waals surface area contributed by atoms with E-state index in [0.29, 0.717) is 23.4 Å². The Labute approximate surface area is 279 Å². The molecular weight excluding hydrogens is 587 g/mol. The third-order valence-corrected chi connectivity index (χ3v) is 10.3. The molecule has 6 aromatic carbocycles. The molecule has 9 rings (SSSR count). The van der Waals surface area contributed by atoms with Crippen molar-refractivity contribution in [2.45, 2.75) is 26.2 Å². The van der Waals surface area contributed by atoms with Gasteiger partial charge in [-0.15, -0.1) is 0 Å². The van der Waals surface area contributed by atoms with Crippen LogP contribution in [0.3, 0.4) is 0 Å². The van der Waals surface area contributed by atoms with Crippen LogP contribution in [0.1, 0.15) is 31.9 Å². The van der Waals surface area contributed by atoms with Crippen LogP contribution < -0.4 is 0 Å². The van der Waals surface area contributed by atoms with Crippen LogP contribution in [0.4, 0.5) is 0 Å². The summed E-state index contributed by atoms with van der Waals surface area (Å²) in [7, 11) is 0. The molecule has 0 amide bonds. The lowest BCUT2D eigenvalue weighted by atomic mass is 9.71. The number of fused-ring (bicyclic) bond motifs is 6. The van der Waals surface area contributed by atoms with Crippen molar-refractivity contribution in [1.82, 2.24) is 15.0 Å². The smallest absolute Gasteiger partial charge is 0.164 e. The zero-order valence-electron chi connectivity index (χ0n) is 27.1. The predicted octanol–water partition coefficient (Wildman–Crippen LogP) is 11.4. The van der Waals surface area contributed by atoms with Gasteiger partial charge in [-0.1, -0.05) is 136 Å². The number of nitrogens with zero attached hydrogens (tertiary/aromatic N) is 3. The van der Waals surface area contributed by atoms with Gasteiger partial charge >= 0.3 is 0 Å². The van der Waals surface area contributed by atoms with E-state index in [4.69, 9.17) is 19.4 Å². The molecule has 1 unspecified atom stereocenters. The van der Waals surface area contributed by atoms with Gasteiger partial charge in [0.05, 0.1) is 0 Å². The second-order valence-electron chi connectivity index (χ2n) is 13.2. The number of hydrogen-bond donors (Lipinski definition) is 0. The molecular formula is C44H33N3O. The summed E-state index contributed by atoms with van der Waals surface area (Å²) in [5, 5.41) is 2.30. The largest absolute Gasteiger partial charge is 0.456 e. The fraction of sp³-hybridized carbons (Fsp3) is 0.114. The van der Waals surface area contributed by atoms with Gasteiger partial charge in [-0.05, 0) is 63.6 Å². The van der Waals surface area contributed by atoms with Crippen LogP contribution in [-0.4, -0.2) is 15.0 Å². The highest BCUT2D eigenvalue weighted by molar-refractivity contribution is 6.08. The molecule has 2 heterocycles. The zero-order valence-corrected chi connectivity index (χ0v) is 27.1. The quantitative estimate of drug-likeness (QED) is 0.192. The molecule has 0 saturated heterocycles. The van der Waals surface area contributed by atoms with Crippen molar-refractivity contribution >= 4 is 21.9 Å². The maximum Gasteiger partial charge on any atom is 0.164 e. The molecule has 2 aromatic heterocycles. The number of hydrogen-bond acceptors (Lipinski definition) is 4. The van der Waals surface area contributed by atoms with Crippen molar-refractivity contribution < 1.29 is 4.42 Å².